The van der Waals surface area contributed by atoms with Crippen molar-refractivity contribution in [1.82, 2.24) is 4.90 Å². The first-order valence-electron chi connectivity index (χ1n) is 8.02. The van der Waals surface area contributed by atoms with E-state index in [2.05, 4.69) is 11.8 Å². The van der Waals surface area contributed by atoms with Crippen molar-refractivity contribution in [2.24, 2.45) is 23.7 Å². The van der Waals surface area contributed by atoms with Gasteiger partial charge in [0.25, 0.3) is 0 Å². The SMILES string of the molecule is CC1C2CCCCC1CN(C(=O)CC1CCC1)C2. The minimum absolute atomic E-state index is 0.462. The number of rotatable bonds is 2. The molecule has 0 radical (unpaired) electrons. The normalized spacial score (nSPS) is 36.9. The number of hydrogen-bond acceptors (Lipinski definition) is 1. The highest BCUT2D eigenvalue weighted by atomic mass is 16.2. The number of hydrogen-bond donors (Lipinski definition) is 0. The van der Waals surface area contributed by atoms with Gasteiger partial charge in [0.2, 0.25) is 5.91 Å². The van der Waals surface area contributed by atoms with Crippen LogP contribution < -0.4 is 0 Å². The topological polar surface area (TPSA) is 20.3 Å². The van der Waals surface area contributed by atoms with E-state index in [1.165, 1.54) is 44.9 Å². The van der Waals surface area contributed by atoms with Crippen molar-refractivity contribution in [3.63, 3.8) is 0 Å². The predicted octanol–water partition coefficient (Wildman–Crippen LogP) is 3.46. The third-order valence-electron chi connectivity index (χ3n) is 5.84. The minimum Gasteiger partial charge on any atom is -0.342 e. The van der Waals surface area contributed by atoms with Gasteiger partial charge in [-0.25, -0.2) is 0 Å². The van der Waals surface area contributed by atoms with E-state index in [-0.39, 0.29) is 0 Å². The summed E-state index contributed by atoms with van der Waals surface area (Å²) in [4.78, 5) is 14.6. The molecule has 1 amide bonds. The second-order valence-corrected chi connectivity index (χ2v) is 6.96. The maximum atomic E-state index is 12.4. The smallest absolute Gasteiger partial charge is 0.222 e. The van der Waals surface area contributed by atoms with Crippen LogP contribution in [-0.2, 0) is 4.79 Å². The lowest BCUT2D eigenvalue weighted by atomic mass is 9.77. The molecule has 1 heterocycles. The Bertz CT molecular complexity index is 294. The van der Waals surface area contributed by atoms with Crippen molar-refractivity contribution < 1.29 is 4.79 Å². The van der Waals surface area contributed by atoms with Gasteiger partial charge < -0.3 is 4.90 Å². The molecule has 0 aromatic heterocycles. The molecule has 2 atom stereocenters. The summed E-state index contributed by atoms with van der Waals surface area (Å²) < 4.78 is 0. The molecule has 2 unspecified atom stereocenters. The molecule has 3 aliphatic rings. The predicted molar refractivity (Wildman–Crippen MR) is 73.2 cm³/mol. The van der Waals surface area contributed by atoms with Gasteiger partial charge >= 0.3 is 0 Å². The number of carbonyl (C=O) groups excluding carboxylic acids is 1. The number of carbonyl (C=O) groups is 1. The monoisotopic (exact) mass is 249 g/mol. The lowest BCUT2D eigenvalue weighted by molar-refractivity contribution is -0.137. The van der Waals surface area contributed by atoms with Crippen LogP contribution in [0.4, 0.5) is 0 Å². The van der Waals surface area contributed by atoms with Crippen LogP contribution in [0.25, 0.3) is 0 Å². The van der Waals surface area contributed by atoms with Crippen molar-refractivity contribution >= 4 is 5.91 Å². The Kier molecular flexibility index (Phi) is 3.63. The van der Waals surface area contributed by atoms with E-state index in [1.807, 2.05) is 0 Å². The minimum atomic E-state index is 0.462. The Labute approximate surface area is 111 Å². The molecule has 0 N–H and O–H groups in total. The molecular weight excluding hydrogens is 222 g/mol. The number of nitrogens with zero attached hydrogens (tertiary/aromatic N) is 1. The summed E-state index contributed by atoms with van der Waals surface area (Å²) in [5.41, 5.74) is 0. The van der Waals surface area contributed by atoms with E-state index < -0.39 is 0 Å². The Balaban J connectivity index is 1.61. The van der Waals surface area contributed by atoms with E-state index in [9.17, 15) is 4.79 Å². The van der Waals surface area contributed by atoms with Gasteiger partial charge in [0.1, 0.15) is 0 Å². The van der Waals surface area contributed by atoms with Gasteiger partial charge in [-0.3, -0.25) is 4.79 Å². The second kappa shape index (κ2) is 5.22. The fraction of sp³-hybridized carbons (Fsp3) is 0.938. The van der Waals surface area contributed by atoms with Gasteiger partial charge in [-0.15, -0.1) is 0 Å². The summed E-state index contributed by atoms with van der Waals surface area (Å²) in [6.45, 7) is 4.54. The van der Waals surface area contributed by atoms with Crippen molar-refractivity contribution in [2.45, 2.75) is 58.3 Å². The fourth-order valence-corrected chi connectivity index (χ4v) is 4.16. The average Bonchev–Trinajstić information content (AvgIpc) is 2.43. The molecule has 18 heavy (non-hydrogen) atoms. The van der Waals surface area contributed by atoms with Gasteiger partial charge in [0, 0.05) is 19.5 Å². The molecule has 0 aromatic rings. The summed E-state index contributed by atoms with van der Waals surface area (Å²) in [6.07, 6.45) is 10.3. The van der Waals surface area contributed by atoms with Crippen LogP contribution in [0.3, 0.4) is 0 Å². The number of fused-ring (bicyclic) bond motifs is 2. The van der Waals surface area contributed by atoms with Crippen LogP contribution in [-0.4, -0.2) is 23.9 Å². The largest absolute Gasteiger partial charge is 0.342 e. The summed E-state index contributed by atoms with van der Waals surface area (Å²) in [7, 11) is 0. The van der Waals surface area contributed by atoms with Gasteiger partial charge in [-0.1, -0.05) is 26.2 Å². The van der Waals surface area contributed by atoms with Crippen molar-refractivity contribution in [1.29, 1.82) is 0 Å². The van der Waals surface area contributed by atoms with Gasteiger partial charge in [-0.2, -0.15) is 0 Å². The molecular formula is C16H27NO. The molecule has 2 aliphatic carbocycles. The quantitative estimate of drug-likeness (QED) is 0.734. The van der Waals surface area contributed by atoms with Gasteiger partial charge in [-0.05, 0) is 49.4 Å². The molecule has 3 rings (SSSR count). The van der Waals surface area contributed by atoms with E-state index in [0.29, 0.717) is 5.91 Å². The Morgan fingerprint density at radius 3 is 2.11 bits per heavy atom. The first kappa shape index (κ1) is 12.5. The van der Waals surface area contributed by atoms with Crippen LogP contribution in [0.5, 0.6) is 0 Å². The zero-order valence-electron chi connectivity index (χ0n) is 11.7. The number of likely N-dealkylation sites (tertiary alicyclic amines) is 1. The molecule has 1 saturated heterocycles. The Morgan fingerprint density at radius 1 is 1.00 bits per heavy atom. The highest BCUT2D eigenvalue weighted by Gasteiger charge is 2.37. The lowest BCUT2D eigenvalue weighted by Crippen LogP contribution is -2.47. The third kappa shape index (κ3) is 2.44. The molecule has 102 valence electrons. The first-order valence-corrected chi connectivity index (χ1v) is 8.02. The van der Waals surface area contributed by atoms with Gasteiger partial charge in [0.05, 0.1) is 0 Å². The fourth-order valence-electron chi connectivity index (χ4n) is 4.16. The zero-order chi connectivity index (χ0) is 12.5. The molecule has 2 saturated carbocycles. The van der Waals surface area contributed by atoms with Crippen LogP contribution in [0, 0.1) is 23.7 Å². The van der Waals surface area contributed by atoms with Crippen molar-refractivity contribution in [3.8, 4) is 0 Å². The summed E-state index contributed by atoms with van der Waals surface area (Å²) >= 11 is 0. The maximum absolute atomic E-state index is 12.4. The van der Waals surface area contributed by atoms with Crippen molar-refractivity contribution in [2.75, 3.05) is 13.1 Å². The molecule has 2 heteroatoms. The standard InChI is InChI=1S/C16H27NO/c1-12-14-7-2-3-8-15(12)11-17(10-14)16(18)9-13-5-4-6-13/h12-15H,2-11H2,1H3. The van der Waals surface area contributed by atoms with E-state index >= 15 is 0 Å². The molecule has 2 bridgehead atoms. The Hall–Kier alpha value is -0.530. The third-order valence-corrected chi connectivity index (χ3v) is 5.84. The number of amides is 1. The van der Waals surface area contributed by atoms with Crippen LogP contribution in [0.2, 0.25) is 0 Å². The van der Waals surface area contributed by atoms with E-state index in [0.717, 1.165) is 43.2 Å². The highest BCUT2D eigenvalue weighted by molar-refractivity contribution is 5.76. The zero-order valence-corrected chi connectivity index (χ0v) is 11.7. The first-order chi connectivity index (χ1) is 8.74. The van der Waals surface area contributed by atoms with Crippen LogP contribution >= 0.6 is 0 Å². The highest BCUT2D eigenvalue weighted by Crippen LogP contribution is 2.38. The van der Waals surface area contributed by atoms with Crippen LogP contribution in [0.1, 0.15) is 58.3 Å². The molecule has 0 aromatic carbocycles. The van der Waals surface area contributed by atoms with E-state index in [4.69, 9.17) is 0 Å². The summed E-state index contributed by atoms with van der Waals surface area (Å²) in [5, 5.41) is 0. The molecule has 3 fully saturated rings. The van der Waals surface area contributed by atoms with Crippen molar-refractivity contribution in [3.05, 3.63) is 0 Å². The Morgan fingerprint density at radius 2 is 1.61 bits per heavy atom. The molecule has 1 aliphatic heterocycles. The second-order valence-electron chi connectivity index (χ2n) is 6.96. The lowest BCUT2D eigenvalue weighted by Gasteiger charge is -2.42. The maximum Gasteiger partial charge on any atom is 0.222 e. The average molecular weight is 249 g/mol. The molecule has 2 nitrogen and oxygen atoms in total. The van der Waals surface area contributed by atoms with Crippen LogP contribution in [0.15, 0.2) is 0 Å². The summed E-state index contributed by atoms with van der Waals surface area (Å²) in [6, 6.07) is 0. The molecule has 0 spiro atoms. The van der Waals surface area contributed by atoms with Gasteiger partial charge in [0.15, 0.2) is 0 Å². The number of piperidine rings is 1. The summed E-state index contributed by atoms with van der Waals surface area (Å²) in [5.74, 6) is 3.61. The van der Waals surface area contributed by atoms with E-state index in [1.54, 1.807) is 0 Å².